The Balaban J connectivity index is 2.53. The van der Waals surface area contributed by atoms with Crippen LogP contribution in [0.2, 0.25) is 5.02 Å². The van der Waals surface area contributed by atoms with Crippen LogP contribution in [0.3, 0.4) is 0 Å². The Kier molecular flexibility index (Phi) is 5.01. The number of carbonyl (C=O) groups excluding carboxylic acids is 2. The molecule has 5 nitrogen and oxygen atoms in total. The molecule has 6 heteroatoms. The number of carbonyl (C=O) groups is 2. The van der Waals surface area contributed by atoms with Crippen LogP contribution in [0.5, 0.6) is 0 Å². The van der Waals surface area contributed by atoms with Crippen molar-refractivity contribution in [2.75, 3.05) is 5.32 Å². The molecule has 0 bridgehead atoms. The number of halogens is 1. The average molecular weight is 318 g/mol. The first-order chi connectivity index (χ1) is 10.5. The van der Waals surface area contributed by atoms with E-state index in [0.29, 0.717) is 16.3 Å². The standard InChI is InChI=1S/C16H16ClN3O2/c1-10(21)19-14-8-7-12(17)9-13(14)15(20-16(18)22)11-5-3-2-4-6-11/h2-9,15H,1H3,(H,19,21)(H3,18,20,22). The van der Waals surface area contributed by atoms with Gasteiger partial charge in [-0.2, -0.15) is 0 Å². The molecule has 4 N–H and O–H groups in total. The van der Waals surface area contributed by atoms with Crippen molar-refractivity contribution < 1.29 is 9.59 Å². The van der Waals surface area contributed by atoms with Gasteiger partial charge in [-0.05, 0) is 23.8 Å². The smallest absolute Gasteiger partial charge is 0.312 e. The topological polar surface area (TPSA) is 84.2 Å². The van der Waals surface area contributed by atoms with E-state index >= 15 is 0 Å². The van der Waals surface area contributed by atoms with Gasteiger partial charge in [0.1, 0.15) is 0 Å². The molecule has 0 radical (unpaired) electrons. The lowest BCUT2D eigenvalue weighted by atomic mass is 9.97. The third kappa shape index (κ3) is 3.99. The van der Waals surface area contributed by atoms with Crippen molar-refractivity contribution in [3.63, 3.8) is 0 Å². The molecule has 114 valence electrons. The number of primary amides is 1. The zero-order valence-corrected chi connectivity index (χ0v) is 12.7. The number of rotatable bonds is 4. The van der Waals surface area contributed by atoms with Crippen LogP contribution < -0.4 is 16.4 Å². The Morgan fingerprint density at radius 2 is 1.82 bits per heavy atom. The van der Waals surface area contributed by atoms with Crippen LogP contribution in [0, 0.1) is 0 Å². The molecule has 0 spiro atoms. The van der Waals surface area contributed by atoms with E-state index in [1.54, 1.807) is 18.2 Å². The maximum atomic E-state index is 11.4. The van der Waals surface area contributed by atoms with Gasteiger partial charge in [-0.15, -0.1) is 0 Å². The summed E-state index contributed by atoms with van der Waals surface area (Å²) in [7, 11) is 0. The second kappa shape index (κ2) is 6.95. The summed E-state index contributed by atoms with van der Waals surface area (Å²) in [6.45, 7) is 1.41. The first-order valence-corrected chi connectivity index (χ1v) is 7.03. The van der Waals surface area contributed by atoms with E-state index in [1.807, 2.05) is 30.3 Å². The molecular formula is C16H16ClN3O2. The molecular weight excluding hydrogens is 302 g/mol. The van der Waals surface area contributed by atoms with Crippen molar-refractivity contribution in [3.05, 3.63) is 64.7 Å². The lowest BCUT2D eigenvalue weighted by Crippen LogP contribution is -2.34. The Morgan fingerprint density at radius 3 is 2.41 bits per heavy atom. The molecule has 1 atom stereocenters. The summed E-state index contributed by atoms with van der Waals surface area (Å²) in [6.07, 6.45) is 0. The Hall–Kier alpha value is -2.53. The summed E-state index contributed by atoms with van der Waals surface area (Å²) in [5.41, 5.74) is 7.34. The van der Waals surface area contributed by atoms with Crippen LogP contribution in [0.25, 0.3) is 0 Å². The van der Waals surface area contributed by atoms with Crippen LogP contribution in [0.15, 0.2) is 48.5 Å². The zero-order valence-electron chi connectivity index (χ0n) is 12.0. The van der Waals surface area contributed by atoms with Crippen LogP contribution >= 0.6 is 11.6 Å². The van der Waals surface area contributed by atoms with Crippen molar-refractivity contribution in [1.29, 1.82) is 0 Å². The van der Waals surface area contributed by atoms with Crippen molar-refractivity contribution in [3.8, 4) is 0 Å². The predicted octanol–water partition coefficient (Wildman–Crippen LogP) is 3.06. The summed E-state index contributed by atoms with van der Waals surface area (Å²) in [5, 5.41) is 5.91. The van der Waals surface area contributed by atoms with E-state index in [9.17, 15) is 9.59 Å². The number of nitrogens with one attached hydrogen (secondary N) is 2. The minimum atomic E-state index is -0.664. The van der Waals surface area contributed by atoms with Crippen LogP contribution in [0.4, 0.5) is 10.5 Å². The summed E-state index contributed by atoms with van der Waals surface area (Å²) in [5.74, 6) is -0.213. The molecule has 0 saturated heterocycles. The quantitative estimate of drug-likeness (QED) is 0.809. The second-order valence-electron chi connectivity index (χ2n) is 4.77. The first kappa shape index (κ1) is 15.9. The lowest BCUT2D eigenvalue weighted by molar-refractivity contribution is -0.114. The fourth-order valence-electron chi connectivity index (χ4n) is 2.20. The molecule has 0 aliphatic heterocycles. The van der Waals surface area contributed by atoms with Crippen molar-refractivity contribution >= 4 is 29.2 Å². The van der Waals surface area contributed by atoms with Crippen molar-refractivity contribution in [1.82, 2.24) is 5.32 Å². The maximum Gasteiger partial charge on any atom is 0.312 e. The second-order valence-corrected chi connectivity index (χ2v) is 5.20. The van der Waals surface area contributed by atoms with E-state index in [1.165, 1.54) is 6.92 Å². The van der Waals surface area contributed by atoms with Gasteiger partial charge in [0.25, 0.3) is 0 Å². The summed E-state index contributed by atoms with van der Waals surface area (Å²) < 4.78 is 0. The van der Waals surface area contributed by atoms with Gasteiger partial charge in [-0.25, -0.2) is 4.79 Å². The Bertz CT molecular complexity index is 689. The van der Waals surface area contributed by atoms with Crippen LogP contribution in [-0.4, -0.2) is 11.9 Å². The summed E-state index contributed by atoms with van der Waals surface area (Å²) >= 11 is 6.06. The molecule has 0 fully saturated rings. The third-order valence-electron chi connectivity index (χ3n) is 3.05. The van der Waals surface area contributed by atoms with E-state index in [2.05, 4.69) is 10.6 Å². The van der Waals surface area contributed by atoms with Gasteiger partial charge < -0.3 is 16.4 Å². The van der Waals surface area contributed by atoms with Gasteiger partial charge in [0.2, 0.25) is 5.91 Å². The molecule has 2 aromatic rings. The largest absolute Gasteiger partial charge is 0.352 e. The molecule has 1 unspecified atom stereocenters. The van der Waals surface area contributed by atoms with Gasteiger partial charge in [0.05, 0.1) is 6.04 Å². The van der Waals surface area contributed by atoms with E-state index in [0.717, 1.165) is 5.56 Å². The predicted molar refractivity (Wildman–Crippen MR) is 86.8 cm³/mol. The number of hydrogen-bond acceptors (Lipinski definition) is 2. The summed E-state index contributed by atoms with van der Waals surface area (Å²) in [6, 6.07) is 13.2. The average Bonchev–Trinajstić information content (AvgIpc) is 2.47. The number of hydrogen-bond donors (Lipinski definition) is 3. The van der Waals surface area contributed by atoms with E-state index in [4.69, 9.17) is 17.3 Å². The SMILES string of the molecule is CC(=O)Nc1ccc(Cl)cc1C(NC(N)=O)c1ccccc1. The van der Waals surface area contributed by atoms with Crippen molar-refractivity contribution in [2.45, 2.75) is 13.0 Å². The minimum absolute atomic E-state index is 0.213. The zero-order chi connectivity index (χ0) is 16.1. The molecule has 2 aromatic carbocycles. The highest BCUT2D eigenvalue weighted by Gasteiger charge is 2.19. The van der Waals surface area contributed by atoms with Gasteiger partial charge in [-0.3, -0.25) is 4.79 Å². The Labute approximate surface area is 133 Å². The minimum Gasteiger partial charge on any atom is -0.352 e. The third-order valence-corrected chi connectivity index (χ3v) is 3.29. The highest BCUT2D eigenvalue weighted by molar-refractivity contribution is 6.30. The number of anilines is 1. The lowest BCUT2D eigenvalue weighted by Gasteiger charge is -2.22. The number of amides is 3. The fraction of sp³-hybridized carbons (Fsp3) is 0.125. The van der Waals surface area contributed by atoms with Gasteiger partial charge in [0.15, 0.2) is 0 Å². The molecule has 0 aliphatic rings. The van der Waals surface area contributed by atoms with Gasteiger partial charge in [0, 0.05) is 23.2 Å². The molecule has 0 aliphatic carbocycles. The van der Waals surface area contributed by atoms with Gasteiger partial charge in [-0.1, -0.05) is 41.9 Å². The molecule has 0 saturated carbocycles. The molecule has 2 rings (SSSR count). The normalized spacial score (nSPS) is 11.5. The van der Waals surface area contributed by atoms with Crippen molar-refractivity contribution in [2.24, 2.45) is 5.73 Å². The maximum absolute atomic E-state index is 11.4. The first-order valence-electron chi connectivity index (χ1n) is 6.65. The highest BCUT2D eigenvalue weighted by atomic mass is 35.5. The summed E-state index contributed by atoms with van der Waals surface area (Å²) in [4.78, 5) is 22.7. The molecule has 0 aromatic heterocycles. The molecule has 3 amide bonds. The Morgan fingerprint density at radius 1 is 1.14 bits per heavy atom. The van der Waals surface area contributed by atoms with E-state index < -0.39 is 12.1 Å². The number of nitrogens with two attached hydrogens (primary N) is 1. The highest BCUT2D eigenvalue weighted by Crippen LogP contribution is 2.31. The monoisotopic (exact) mass is 317 g/mol. The number of benzene rings is 2. The van der Waals surface area contributed by atoms with Gasteiger partial charge >= 0.3 is 6.03 Å². The van der Waals surface area contributed by atoms with E-state index in [-0.39, 0.29) is 5.91 Å². The number of urea groups is 1. The molecule has 0 heterocycles. The molecule has 22 heavy (non-hydrogen) atoms. The van der Waals surface area contributed by atoms with Crippen LogP contribution in [0.1, 0.15) is 24.1 Å². The van der Waals surface area contributed by atoms with Crippen LogP contribution in [-0.2, 0) is 4.79 Å². The fourth-order valence-corrected chi connectivity index (χ4v) is 2.38.